The van der Waals surface area contributed by atoms with E-state index in [1.807, 2.05) is 11.5 Å². The highest BCUT2D eigenvalue weighted by Crippen LogP contribution is 2.17. The van der Waals surface area contributed by atoms with Gasteiger partial charge in [0, 0.05) is 6.54 Å². The van der Waals surface area contributed by atoms with Gasteiger partial charge in [-0.2, -0.15) is 0 Å². The molecular formula is C13H23N3O2. The predicted molar refractivity (Wildman–Crippen MR) is 71.4 cm³/mol. The molecule has 18 heavy (non-hydrogen) atoms. The number of aromatic nitrogens is 2. The molecule has 1 aromatic rings. The van der Waals surface area contributed by atoms with E-state index in [-0.39, 0.29) is 5.69 Å². The SMILES string of the molecule is CCOC(=O)c1nc(C)n(CCCC(C)C)c1N. The zero-order chi connectivity index (χ0) is 13.7. The minimum Gasteiger partial charge on any atom is -0.461 e. The van der Waals surface area contributed by atoms with E-state index in [9.17, 15) is 4.79 Å². The lowest BCUT2D eigenvalue weighted by molar-refractivity contribution is 0.0521. The molecule has 0 unspecified atom stereocenters. The van der Waals surface area contributed by atoms with Crippen LogP contribution < -0.4 is 5.73 Å². The molecule has 0 bridgehead atoms. The van der Waals surface area contributed by atoms with Crippen LogP contribution in [0.25, 0.3) is 0 Å². The average molecular weight is 253 g/mol. The number of hydrogen-bond donors (Lipinski definition) is 1. The van der Waals surface area contributed by atoms with Crippen molar-refractivity contribution in [2.75, 3.05) is 12.3 Å². The van der Waals surface area contributed by atoms with E-state index in [2.05, 4.69) is 18.8 Å². The van der Waals surface area contributed by atoms with Crippen molar-refractivity contribution in [2.45, 2.75) is 47.1 Å². The maximum absolute atomic E-state index is 11.6. The first-order chi connectivity index (χ1) is 8.47. The fourth-order valence-electron chi connectivity index (χ4n) is 1.87. The van der Waals surface area contributed by atoms with E-state index in [4.69, 9.17) is 10.5 Å². The zero-order valence-corrected chi connectivity index (χ0v) is 11.7. The Kier molecular flexibility index (Phi) is 5.19. The summed E-state index contributed by atoms with van der Waals surface area (Å²) in [6.45, 7) is 9.12. The van der Waals surface area contributed by atoms with Gasteiger partial charge >= 0.3 is 5.97 Å². The lowest BCUT2D eigenvalue weighted by Gasteiger charge is -2.09. The quantitative estimate of drug-likeness (QED) is 0.790. The molecule has 0 radical (unpaired) electrons. The molecule has 1 rings (SSSR count). The number of carbonyl (C=O) groups is 1. The van der Waals surface area contributed by atoms with Crippen LogP contribution in [-0.4, -0.2) is 22.1 Å². The minimum atomic E-state index is -0.444. The number of anilines is 1. The van der Waals surface area contributed by atoms with Crippen molar-refractivity contribution in [3.63, 3.8) is 0 Å². The summed E-state index contributed by atoms with van der Waals surface area (Å²) in [5, 5.41) is 0. The molecule has 102 valence electrons. The van der Waals surface area contributed by atoms with Crippen molar-refractivity contribution in [2.24, 2.45) is 5.92 Å². The lowest BCUT2D eigenvalue weighted by Crippen LogP contribution is -2.10. The Labute approximate surface area is 108 Å². The summed E-state index contributed by atoms with van der Waals surface area (Å²) in [5.41, 5.74) is 6.19. The Morgan fingerprint density at radius 3 is 2.72 bits per heavy atom. The van der Waals surface area contributed by atoms with Gasteiger partial charge in [-0.05, 0) is 32.6 Å². The highest BCUT2D eigenvalue weighted by atomic mass is 16.5. The lowest BCUT2D eigenvalue weighted by atomic mass is 10.1. The molecule has 0 fully saturated rings. The molecule has 0 saturated carbocycles. The highest BCUT2D eigenvalue weighted by Gasteiger charge is 2.19. The molecule has 0 aliphatic carbocycles. The van der Waals surface area contributed by atoms with Crippen LogP contribution in [0.3, 0.4) is 0 Å². The minimum absolute atomic E-state index is 0.235. The number of hydrogen-bond acceptors (Lipinski definition) is 4. The summed E-state index contributed by atoms with van der Waals surface area (Å²) in [6, 6.07) is 0. The third kappa shape index (κ3) is 3.48. The number of nitrogen functional groups attached to an aromatic ring is 1. The van der Waals surface area contributed by atoms with Crippen molar-refractivity contribution in [3.05, 3.63) is 11.5 Å². The number of carbonyl (C=O) groups excluding carboxylic acids is 1. The second kappa shape index (κ2) is 6.42. The van der Waals surface area contributed by atoms with Gasteiger partial charge in [0.15, 0.2) is 5.69 Å². The van der Waals surface area contributed by atoms with Gasteiger partial charge in [-0.25, -0.2) is 9.78 Å². The van der Waals surface area contributed by atoms with Gasteiger partial charge in [-0.1, -0.05) is 13.8 Å². The first-order valence-corrected chi connectivity index (χ1v) is 6.47. The van der Waals surface area contributed by atoms with E-state index < -0.39 is 5.97 Å². The van der Waals surface area contributed by atoms with Crippen molar-refractivity contribution >= 4 is 11.8 Å². The maximum Gasteiger partial charge on any atom is 0.360 e. The topological polar surface area (TPSA) is 70.1 Å². The van der Waals surface area contributed by atoms with Crippen molar-refractivity contribution in [1.29, 1.82) is 0 Å². The second-order valence-electron chi connectivity index (χ2n) is 4.80. The first kappa shape index (κ1) is 14.5. The van der Waals surface area contributed by atoms with Crippen LogP contribution >= 0.6 is 0 Å². The van der Waals surface area contributed by atoms with Gasteiger partial charge in [-0.15, -0.1) is 0 Å². The maximum atomic E-state index is 11.6. The van der Waals surface area contributed by atoms with Gasteiger partial charge in [0.2, 0.25) is 0 Å². The molecule has 0 aliphatic rings. The molecular weight excluding hydrogens is 230 g/mol. The van der Waals surface area contributed by atoms with Crippen molar-refractivity contribution < 1.29 is 9.53 Å². The Morgan fingerprint density at radius 1 is 1.50 bits per heavy atom. The molecule has 0 aliphatic heterocycles. The number of nitrogens with two attached hydrogens (primary N) is 1. The largest absolute Gasteiger partial charge is 0.461 e. The smallest absolute Gasteiger partial charge is 0.360 e. The monoisotopic (exact) mass is 253 g/mol. The van der Waals surface area contributed by atoms with Gasteiger partial charge in [0.1, 0.15) is 11.6 Å². The molecule has 0 amide bonds. The summed E-state index contributed by atoms with van der Waals surface area (Å²) in [7, 11) is 0. The highest BCUT2D eigenvalue weighted by molar-refractivity contribution is 5.92. The van der Waals surface area contributed by atoms with Crippen LogP contribution in [-0.2, 0) is 11.3 Å². The number of imidazole rings is 1. The summed E-state index contributed by atoms with van der Waals surface area (Å²) in [6.07, 6.45) is 2.16. The molecule has 1 heterocycles. The number of nitrogens with zero attached hydrogens (tertiary/aromatic N) is 2. The Balaban J connectivity index is 2.77. The van der Waals surface area contributed by atoms with Crippen LogP contribution in [0.4, 0.5) is 5.82 Å². The Morgan fingerprint density at radius 2 is 2.17 bits per heavy atom. The normalized spacial score (nSPS) is 10.9. The summed E-state index contributed by atoms with van der Waals surface area (Å²) in [4.78, 5) is 15.8. The van der Waals surface area contributed by atoms with E-state index in [0.29, 0.717) is 18.3 Å². The van der Waals surface area contributed by atoms with Crippen LogP contribution in [0.15, 0.2) is 0 Å². The van der Waals surface area contributed by atoms with Gasteiger partial charge in [0.25, 0.3) is 0 Å². The first-order valence-electron chi connectivity index (χ1n) is 6.47. The fourth-order valence-corrected chi connectivity index (χ4v) is 1.87. The van der Waals surface area contributed by atoms with Crippen LogP contribution in [0.1, 0.15) is 49.9 Å². The standard InChI is InChI=1S/C13H23N3O2/c1-5-18-13(17)11-12(14)16(10(4)15-11)8-6-7-9(2)3/h9H,5-8,14H2,1-4H3. The third-order valence-electron chi connectivity index (χ3n) is 2.83. The molecule has 0 atom stereocenters. The molecule has 0 spiro atoms. The van der Waals surface area contributed by atoms with Crippen molar-refractivity contribution in [3.8, 4) is 0 Å². The number of esters is 1. The summed E-state index contributed by atoms with van der Waals surface area (Å²) >= 11 is 0. The van der Waals surface area contributed by atoms with Crippen LogP contribution in [0.2, 0.25) is 0 Å². The second-order valence-corrected chi connectivity index (χ2v) is 4.80. The molecule has 5 heteroatoms. The molecule has 5 nitrogen and oxygen atoms in total. The van der Waals surface area contributed by atoms with Crippen LogP contribution in [0, 0.1) is 12.8 Å². The van der Waals surface area contributed by atoms with Gasteiger partial charge in [-0.3, -0.25) is 0 Å². The van der Waals surface area contributed by atoms with Gasteiger partial charge < -0.3 is 15.0 Å². The fraction of sp³-hybridized carbons (Fsp3) is 0.692. The van der Waals surface area contributed by atoms with Crippen LogP contribution in [0.5, 0.6) is 0 Å². The van der Waals surface area contributed by atoms with Crippen molar-refractivity contribution in [1.82, 2.24) is 9.55 Å². The van der Waals surface area contributed by atoms with E-state index in [0.717, 1.165) is 25.2 Å². The summed E-state index contributed by atoms with van der Waals surface area (Å²) < 4.78 is 6.81. The number of ether oxygens (including phenoxy) is 1. The Bertz CT molecular complexity index is 411. The molecule has 1 aromatic heterocycles. The number of rotatable bonds is 6. The number of aryl methyl sites for hydroxylation is 1. The zero-order valence-electron chi connectivity index (χ0n) is 11.7. The van der Waals surface area contributed by atoms with E-state index in [1.54, 1.807) is 6.92 Å². The average Bonchev–Trinajstić information content (AvgIpc) is 2.56. The van der Waals surface area contributed by atoms with E-state index in [1.165, 1.54) is 0 Å². The molecule has 0 saturated heterocycles. The molecule has 0 aromatic carbocycles. The third-order valence-corrected chi connectivity index (χ3v) is 2.83. The summed E-state index contributed by atoms with van der Waals surface area (Å²) in [5.74, 6) is 1.40. The molecule has 2 N–H and O–H groups in total. The van der Waals surface area contributed by atoms with Gasteiger partial charge in [0.05, 0.1) is 6.61 Å². The predicted octanol–water partition coefficient (Wildman–Crippen LogP) is 2.39. The van der Waals surface area contributed by atoms with E-state index >= 15 is 0 Å². The Hall–Kier alpha value is -1.52.